The summed E-state index contributed by atoms with van der Waals surface area (Å²) in [7, 11) is 0. The first-order valence-corrected chi connectivity index (χ1v) is 13.5. The van der Waals surface area contributed by atoms with Crippen molar-refractivity contribution in [1.82, 2.24) is 0 Å². The van der Waals surface area contributed by atoms with Gasteiger partial charge in [-0.25, -0.2) is 0 Å². The Morgan fingerprint density at radius 2 is 1.34 bits per heavy atom. The molecule has 2 heterocycles. The van der Waals surface area contributed by atoms with E-state index in [9.17, 15) is 0 Å². The van der Waals surface area contributed by atoms with Gasteiger partial charge in [-0.3, -0.25) is 0 Å². The summed E-state index contributed by atoms with van der Waals surface area (Å²) >= 11 is 16.3. The van der Waals surface area contributed by atoms with Crippen LogP contribution in [0.15, 0.2) is 90.7 Å². The van der Waals surface area contributed by atoms with Gasteiger partial charge in [-0.2, -0.15) is 0 Å². The summed E-state index contributed by atoms with van der Waals surface area (Å²) < 4.78 is 6.99. The third-order valence-electron chi connectivity index (χ3n) is 5.60. The van der Waals surface area contributed by atoms with E-state index in [4.69, 9.17) is 27.9 Å². The van der Waals surface area contributed by atoms with Crippen molar-refractivity contribution >= 4 is 58.1 Å². The molecule has 0 saturated carbocycles. The number of benzene rings is 3. The van der Waals surface area contributed by atoms with Crippen molar-refractivity contribution in [3.63, 3.8) is 0 Å². The molecule has 1 fully saturated rings. The van der Waals surface area contributed by atoms with Gasteiger partial charge in [0, 0.05) is 27.1 Å². The highest BCUT2D eigenvalue weighted by molar-refractivity contribution is 8.17. The third kappa shape index (κ3) is 4.77. The zero-order valence-electron chi connectivity index (χ0n) is 17.3. The molecule has 0 N–H and O–H groups in total. The van der Waals surface area contributed by atoms with Crippen LogP contribution in [0, 0.1) is 0 Å². The first-order chi connectivity index (χ1) is 15.7. The smallest absolute Gasteiger partial charge is 0.132 e. The van der Waals surface area contributed by atoms with Crippen molar-refractivity contribution in [2.24, 2.45) is 0 Å². The molecule has 1 saturated heterocycles. The van der Waals surface area contributed by atoms with Gasteiger partial charge in [-0.15, -0.1) is 23.5 Å². The lowest BCUT2D eigenvalue weighted by Gasteiger charge is -2.33. The van der Waals surface area contributed by atoms with Crippen molar-refractivity contribution < 1.29 is 4.74 Å². The fourth-order valence-corrected chi connectivity index (χ4v) is 7.15. The number of rotatable bonds is 4. The highest BCUT2D eigenvalue weighted by Crippen LogP contribution is 2.49. The van der Waals surface area contributed by atoms with Crippen LogP contribution in [0.2, 0.25) is 10.0 Å². The standard InChI is InChI=1S/C27H22Cl2OS2/c28-21-11-7-18(8-12-21)23-17-24(19-9-13-22(29)14-10-19)30-26(27-31-15-4-16-32-27)25(23)20-5-2-1-3-6-20/h1-3,5-14,17,23,27H,4,15-16H2. The van der Waals surface area contributed by atoms with Gasteiger partial charge in [-0.05, 0) is 71.5 Å². The molecule has 32 heavy (non-hydrogen) atoms. The van der Waals surface area contributed by atoms with Gasteiger partial charge in [0.05, 0.1) is 0 Å². The number of hydrogen-bond donors (Lipinski definition) is 0. The van der Waals surface area contributed by atoms with Crippen LogP contribution in [0.3, 0.4) is 0 Å². The number of hydrogen-bond acceptors (Lipinski definition) is 3. The second-order valence-electron chi connectivity index (χ2n) is 7.74. The van der Waals surface area contributed by atoms with E-state index in [1.165, 1.54) is 23.1 Å². The minimum atomic E-state index is 0.0622. The molecule has 1 unspecified atom stereocenters. The highest BCUT2D eigenvalue weighted by Gasteiger charge is 2.33. The molecule has 0 spiro atoms. The minimum absolute atomic E-state index is 0.0622. The summed E-state index contributed by atoms with van der Waals surface area (Å²) in [5.74, 6) is 4.30. The Bertz CT molecular complexity index is 1130. The van der Waals surface area contributed by atoms with Gasteiger partial charge in [0.1, 0.15) is 16.1 Å². The van der Waals surface area contributed by atoms with E-state index in [0.717, 1.165) is 38.6 Å². The molecular weight excluding hydrogens is 475 g/mol. The molecule has 0 amide bonds. The Morgan fingerprint density at radius 3 is 2.00 bits per heavy atom. The molecule has 1 nitrogen and oxygen atoms in total. The van der Waals surface area contributed by atoms with Crippen LogP contribution in [-0.4, -0.2) is 16.1 Å². The van der Waals surface area contributed by atoms with E-state index in [2.05, 4.69) is 48.5 Å². The number of halogens is 2. The largest absolute Gasteiger partial charge is 0.459 e. The van der Waals surface area contributed by atoms with Crippen molar-refractivity contribution in [3.8, 4) is 0 Å². The van der Waals surface area contributed by atoms with Gasteiger partial charge in [0.15, 0.2) is 0 Å². The number of thioether (sulfide) groups is 2. The SMILES string of the molecule is Clc1ccc(C2=CC(c3ccc(Cl)cc3)C(c3ccccc3)=C(C3SCCCS3)O2)cc1. The summed E-state index contributed by atoms with van der Waals surface area (Å²) in [4.78, 5) is 0. The average molecular weight is 498 g/mol. The fourth-order valence-electron chi connectivity index (χ4n) is 4.05. The monoisotopic (exact) mass is 496 g/mol. The van der Waals surface area contributed by atoms with Crippen molar-refractivity contribution in [1.29, 1.82) is 0 Å². The van der Waals surface area contributed by atoms with E-state index in [0.29, 0.717) is 0 Å². The molecule has 3 aromatic carbocycles. The first-order valence-electron chi connectivity index (χ1n) is 10.6. The summed E-state index contributed by atoms with van der Waals surface area (Å²) in [5.41, 5.74) is 4.66. The molecule has 5 rings (SSSR count). The normalized spacial score (nSPS) is 19.4. The van der Waals surface area contributed by atoms with Crippen LogP contribution in [0.25, 0.3) is 11.3 Å². The Hall–Kier alpha value is -1.78. The lowest BCUT2D eigenvalue weighted by molar-refractivity contribution is 0.375. The second kappa shape index (κ2) is 10.0. The van der Waals surface area contributed by atoms with Gasteiger partial charge >= 0.3 is 0 Å². The minimum Gasteiger partial charge on any atom is -0.459 e. The molecule has 0 bridgehead atoms. The van der Waals surface area contributed by atoms with E-state index in [1.807, 2.05) is 59.9 Å². The van der Waals surface area contributed by atoms with Crippen LogP contribution < -0.4 is 0 Å². The molecule has 1 atom stereocenters. The maximum Gasteiger partial charge on any atom is 0.132 e. The lowest BCUT2D eigenvalue weighted by atomic mass is 9.83. The van der Waals surface area contributed by atoms with E-state index in [-0.39, 0.29) is 10.5 Å². The first kappa shape index (κ1) is 22.0. The topological polar surface area (TPSA) is 9.23 Å². The lowest BCUT2D eigenvalue weighted by Crippen LogP contribution is -2.19. The molecule has 0 aliphatic carbocycles. The number of allylic oxidation sites excluding steroid dienone is 2. The summed E-state index contributed by atoms with van der Waals surface area (Å²) in [6.07, 6.45) is 3.47. The van der Waals surface area contributed by atoms with Gasteiger partial charge in [0.2, 0.25) is 0 Å². The Balaban J connectivity index is 1.68. The van der Waals surface area contributed by atoms with E-state index in [1.54, 1.807) is 0 Å². The molecule has 2 aliphatic heterocycles. The van der Waals surface area contributed by atoms with Crippen molar-refractivity contribution in [3.05, 3.63) is 117 Å². The van der Waals surface area contributed by atoms with Crippen LogP contribution in [0.1, 0.15) is 29.0 Å². The zero-order chi connectivity index (χ0) is 21.9. The third-order valence-corrected chi connectivity index (χ3v) is 9.00. The predicted molar refractivity (Wildman–Crippen MR) is 141 cm³/mol. The Kier molecular flexibility index (Phi) is 6.89. The van der Waals surface area contributed by atoms with Gasteiger partial charge < -0.3 is 4.74 Å². The Morgan fingerprint density at radius 1 is 0.719 bits per heavy atom. The summed E-state index contributed by atoms with van der Waals surface area (Å²) in [6.45, 7) is 0. The fraction of sp³-hybridized carbons (Fsp3) is 0.185. The molecule has 5 heteroatoms. The zero-order valence-corrected chi connectivity index (χ0v) is 20.5. The second-order valence-corrected chi connectivity index (χ2v) is 11.3. The molecule has 0 radical (unpaired) electrons. The van der Waals surface area contributed by atoms with Crippen LogP contribution in [-0.2, 0) is 4.74 Å². The quantitative estimate of drug-likeness (QED) is 0.357. The molecule has 3 aromatic rings. The average Bonchev–Trinajstić information content (AvgIpc) is 2.85. The molecule has 162 valence electrons. The van der Waals surface area contributed by atoms with Crippen LogP contribution in [0.5, 0.6) is 0 Å². The van der Waals surface area contributed by atoms with Crippen molar-refractivity contribution in [2.45, 2.75) is 16.9 Å². The molecule has 0 aromatic heterocycles. The maximum atomic E-state index is 6.72. The predicted octanol–water partition coefficient (Wildman–Crippen LogP) is 8.76. The van der Waals surface area contributed by atoms with Gasteiger partial charge in [0.25, 0.3) is 0 Å². The van der Waals surface area contributed by atoms with Crippen LogP contribution >= 0.6 is 46.7 Å². The van der Waals surface area contributed by atoms with Crippen molar-refractivity contribution in [2.75, 3.05) is 11.5 Å². The highest BCUT2D eigenvalue weighted by atomic mass is 35.5. The van der Waals surface area contributed by atoms with Gasteiger partial charge in [-0.1, -0.05) is 65.7 Å². The molecule has 2 aliphatic rings. The van der Waals surface area contributed by atoms with Crippen LogP contribution in [0.4, 0.5) is 0 Å². The Labute approximate surface area is 207 Å². The summed E-state index contributed by atoms with van der Waals surface area (Å²) in [6, 6.07) is 26.7. The van der Waals surface area contributed by atoms with E-state index < -0.39 is 0 Å². The van der Waals surface area contributed by atoms with E-state index >= 15 is 0 Å². The summed E-state index contributed by atoms with van der Waals surface area (Å²) in [5, 5.41) is 1.46. The number of ether oxygens (including phenoxy) is 1. The maximum absolute atomic E-state index is 6.72. The molecular formula is C27H22Cl2OS2.